The smallest absolute Gasteiger partial charge is 0.371 e. The second-order valence-corrected chi connectivity index (χ2v) is 2.94. The molecule has 2 aromatic rings. The van der Waals surface area contributed by atoms with E-state index in [-0.39, 0.29) is 16.9 Å². The first-order valence-electron chi connectivity index (χ1n) is 4.09. The fraction of sp³-hybridized carbons (Fsp3) is 0. The Hall–Kier alpha value is -2.30. The second kappa shape index (κ2) is 3.13. The Bertz CT molecular complexity index is 552. The Kier molecular flexibility index (Phi) is 1.93. The number of benzene rings is 1. The molecule has 0 fully saturated rings. The van der Waals surface area contributed by atoms with Crippen molar-refractivity contribution < 1.29 is 24.2 Å². The molecular formula is C10H6O5. The van der Waals surface area contributed by atoms with Crippen LogP contribution in [0.1, 0.15) is 20.9 Å². The van der Waals surface area contributed by atoms with Crippen LogP contribution < -0.4 is 0 Å². The van der Waals surface area contributed by atoms with E-state index in [1.54, 1.807) is 0 Å². The fourth-order valence-corrected chi connectivity index (χ4v) is 1.35. The SMILES string of the molecule is O=C(O)c1cc2c(C(=O)O)cccc2o1. The van der Waals surface area contributed by atoms with Gasteiger partial charge in [0.1, 0.15) is 5.58 Å². The van der Waals surface area contributed by atoms with Gasteiger partial charge in [0.15, 0.2) is 0 Å². The zero-order chi connectivity index (χ0) is 11.0. The van der Waals surface area contributed by atoms with Crippen LogP contribution in [0.2, 0.25) is 0 Å². The van der Waals surface area contributed by atoms with Crippen LogP contribution in [0.5, 0.6) is 0 Å². The summed E-state index contributed by atoms with van der Waals surface area (Å²) in [6.07, 6.45) is 0. The van der Waals surface area contributed by atoms with Crippen molar-refractivity contribution in [2.75, 3.05) is 0 Å². The lowest BCUT2D eigenvalue weighted by Crippen LogP contribution is -1.95. The van der Waals surface area contributed by atoms with Crippen LogP contribution in [0.4, 0.5) is 0 Å². The highest BCUT2D eigenvalue weighted by Crippen LogP contribution is 2.23. The minimum absolute atomic E-state index is 0.0313. The van der Waals surface area contributed by atoms with E-state index in [4.69, 9.17) is 14.6 Å². The van der Waals surface area contributed by atoms with Gasteiger partial charge >= 0.3 is 11.9 Å². The Balaban J connectivity index is 2.75. The molecule has 5 nitrogen and oxygen atoms in total. The summed E-state index contributed by atoms with van der Waals surface area (Å²) in [6.45, 7) is 0. The molecule has 76 valence electrons. The summed E-state index contributed by atoms with van der Waals surface area (Å²) in [7, 11) is 0. The number of hydrogen-bond acceptors (Lipinski definition) is 3. The average Bonchev–Trinajstić information content (AvgIpc) is 2.60. The van der Waals surface area contributed by atoms with E-state index in [0.29, 0.717) is 5.39 Å². The Morgan fingerprint density at radius 1 is 1.13 bits per heavy atom. The van der Waals surface area contributed by atoms with Crippen molar-refractivity contribution in [3.05, 3.63) is 35.6 Å². The first-order chi connectivity index (χ1) is 7.09. The third kappa shape index (κ3) is 1.43. The van der Waals surface area contributed by atoms with E-state index < -0.39 is 11.9 Å². The summed E-state index contributed by atoms with van der Waals surface area (Å²) < 4.78 is 4.96. The number of carboxylic acids is 2. The minimum Gasteiger partial charge on any atom is -0.478 e. The summed E-state index contributed by atoms with van der Waals surface area (Å²) in [5, 5.41) is 17.8. The number of carbonyl (C=O) groups is 2. The van der Waals surface area contributed by atoms with Crippen LogP contribution in [0.15, 0.2) is 28.7 Å². The Morgan fingerprint density at radius 2 is 1.87 bits per heavy atom. The third-order valence-corrected chi connectivity index (χ3v) is 2.00. The molecule has 0 spiro atoms. The molecular weight excluding hydrogens is 200 g/mol. The first-order valence-corrected chi connectivity index (χ1v) is 4.09. The predicted octanol–water partition coefficient (Wildman–Crippen LogP) is 1.83. The lowest BCUT2D eigenvalue weighted by atomic mass is 10.1. The molecule has 0 amide bonds. The number of furan rings is 1. The van der Waals surface area contributed by atoms with Crippen LogP contribution in [0.3, 0.4) is 0 Å². The van der Waals surface area contributed by atoms with Crippen molar-refractivity contribution in [3.8, 4) is 0 Å². The van der Waals surface area contributed by atoms with Crippen LogP contribution in [-0.4, -0.2) is 22.2 Å². The fourth-order valence-electron chi connectivity index (χ4n) is 1.35. The Morgan fingerprint density at radius 3 is 2.47 bits per heavy atom. The Labute approximate surface area is 83.5 Å². The summed E-state index contributed by atoms with van der Waals surface area (Å²) >= 11 is 0. The molecule has 0 bridgehead atoms. The molecule has 0 saturated carbocycles. The van der Waals surface area contributed by atoms with E-state index in [9.17, 15) is 9.59 Å². The number of rotatable bonds is 2. The number of fused-ring (bicyclic) bond motifs is 1. The molecule has 0 unspecified atom stereocenters. The molecule has 1 aromatic carbocycles. The highest BCUT2D eigenvalue weighted by molar-refractivity contribution is 6.04. The molecule has 1 heterocycles. The normalized spacial score (nSPS) is 10.4. The average molecular weight is 206 g/mol. The predicted molar refractivity (Wildman–Crippen MR) is 50.1 cm³/mol. The van der Waals surface area contributed by atoms with Crippen LogP contribution in [0.25, 0.3) is 11.0 Å². The molecule has 0 aliphatic heterocycles. The van der Waals surface area contributed by atoms with E-state index in [1.807, 2.05) is 0 Å². The molecule has 5 heteroatoms. The largest absolute Gasteiger partial charge is 0.478 e. The summed E-state index contributed by atoms with van der Waals surface area (Å²) in [5.41, 5.74) is 0.288. The summed E-state index contributed by atoms with van der Waals surface area (Å²) in [6, 6.07) is 5.63. The summed E-state index contributed by atoms with van der Waals surface area (Å²) in [5.74, 6) is -2.60. The van der Waals surface area contributed by atoms with Gasteiger partial charge in [0.2, 0.25) is 5.76 Å². The topological polar surface area (TPSA) is 87.7 Å². The maximum absolute atomic E-state index is 10.8. The molecule has 0 aliphatic carbocycles. The highest BCUT2D eigenvalue weighted by Gasteiger charge is 2.15. The number of aromatic carboxylic acids is 2. The minimum atomic E-state index is -1.22. The van der Waals surface area contributed by atoms with Gasteiger partial charge in [-0.2, -0.15) is 0 Å². The lowest BCUT2D eigenvalue weighted by molar-refractivity contribution is 0.0662. The monoisotopic (exact) mass is 206 g/mol. The number of carboxylic acid groups (broad SMARTS) is 2. The van der Waals surface area contributed by atoms with E-state index in [0.717, 1.165) is 0 Å². The van der Waals surface area contributed by atoms with Gasteiger partial charge in [-0.15, -0.1) is 0 Å². The zero-order valence-electron chi connectivity index (χ0n) is 7.43. The molecule has 0 aliphatic rings. The molecule has 0 radical (unpaired) electrons. The molecule has 15 heavy (non-hydrogen) atoms. The standard InChI is InChI=1S/C10H6O5/c11-9(12)5-2-1-3-7-6(5)4-8(15-7)10(13)14/h1-4H,(H,11,12)(H,13,14). The van der Waals surface area contributed by atoms with Crippen LogP contribution in [-0.2, 0) is 0 Å². The maximum Gasteiger partial charge on any atom is 0.371 e. The molecule has 0 saturated heterocycles. The van der Waals surface area contributed by atoms with Crippen LogP contribution >= 0.6 is 0 Å². The number of hydrogen-bond donors (Lipinski definition) is 2. The van der Waals surface area contributed by atoms with Gasteiger partial charge in [0, 0.05) is 11.5 Å². The van der Waals surface area contributed by atoms with Gasteiger partial charge in [-0.3, -0.25) is 0 Å². The maximum atomic E-state index is 10.8. The zero-order valence-corrected chi connectivity index (χ0v) is 7.43. The highest BCUT2D eigenvalue weighted by atomic mass is 16.4. The van der Waals surface area contributed by atoms with E-state index >= 15 is 0 Å². The second-order valence-electron chi connectivity index (χ2n) is 2.94. The molecule has 1 aromatic heterocycles. The molecule has 0 atom stereocenters. The van der Waals surface area contributed by atoms with Crippen molar-refractivity contribution in [2.45, 2.75) is 0 Å². The van der Waals surface area contributed by atoms with Crippen molar-refractivity contribution in [1.82, 2.24) is 0 Å². The van der Waals surface area contributed by atoms with Gasteiger partial charge in [0.05, 0.1) is 5.56 Å². The van der Waals surface area contributed by atoms with Gasteiger partial charge in [0.25, 0.3) is 0 Å². The van der Waals surface area contributed by atoms with E-state index in [2.05, 4.69) is 0 Å². The van der Waals surface area contributed by atoms with E-state index in [1.165, 1.54) is 24.3 Å². The van der Waals surface area contributed by atoms with Gasteiger partial charge in [-0.25, -0.2) is 9.59 Å². The van der Waals surface area contributed by atoms with Gasteiger partial charge in [-0.1, -0.05) is 6.07 Å². The van der Waals surface area contributed by atoms with Crippen molar-refractivity contribution >= 4 is 22.9 Å². The first kappa shape index (κ1) is 9.26. The van der Waals surface area contributed by atoms with Crippen molar-refractivity contribution in [3.63, 3.8) is 0 Å². The summed E-state index contributed by atoms with van der Waals surface area (Å²) in [4.78, 5) is 21.4. The molecule has 2 rings (SSSR count). The van der Waals surface area contributed by atoms with Crippen molar-refractivity contribution in [2.24, 2.45) is 0 Å². The quantitative estimate of drug-likeness (QED) is 0.782. The van der Waals surface area contributed by atoms with Gasteiger partial charge in [-0.05, 0) is 12.1 Å². The van der Waals surface area contributed by atoms with Gasteiger partial charge < -0.3 is 14.6 Å². The molecule has 2 N–H and O–H groups in total. The van der Waals surface area contributed by atoms with Crippen molar-refractivity contribution in [1.29, 1.82) is 0 Å². The lowest BCUT2D eigenvalue weighted by Gasteiger charge is -1.93. The van der Waals surface area contributed by atoms with Crippen LogP contribution in [0, 0.1) is 0 Å². The third-order valence-electron chi connectivity index (χ3n) is 2.00.